The van der Waals surface area contributed by atoms with E-state index in [2.05, 4.69) is 5.10 Å². The topological polar surface area (TPSA) is 75.2 Å². The predicted octanol–water partition coefficient (Wildman–Crippen LogP) is 6.17. The van der Waals surface area contributed by atoms with Gasteiger partial charge in [0.05, 0.1) is 17.9 Å². The van der Waals surface area contributed by atoms with E-state index >= 15 is 0 Å². The molecule has 0 saturated heterocycles. The Bertz CT molecular complexity index is 1440. The summed E-state index contributed by atoms with van der Waals surface area (Å²) in [4.78, 5) is 42.3. The molecule has 0 unspecified atom stereocenters. The number of nitrogens with one attached hydrogen (secondary N) is 1. The molecule has 37 heavy (non-hydrogen) atoms. The maximum atomic E-state index is 13.8. The standard InChI is InChI=1S/C30H30ClN3O3/c1-3-5-19-33(29(36)23-15-17-24(31)18-16-23)20-26(35)27-28(22-12-7-6-8-13-22)32-34(30(27)37)25-14-10-9-11-21(25)4-2/h6-18,32H,3-5,19-20H2,1-2H3. The molecule has 0 fully saturated rings. The van der Waals surface area contributed by atoms with Gasteiger partial charge in [-0.2, -0.15) is 0 Å². The van der Waals surface area contributed by atoms with Crippen LogP contribution in [0.25, 0.3) is 16.9 Å². The highest BCUT2D eigenvalue weighted by Crippen LogP contribution is 2.23. The zero-order valence-corrected chi connectivity index (χ0v) is 21.8. The summed E-state index contributed by atoms with van der Waals surface area (Å²) in [5.74, 6) is -0.682. The number of benzene rings is 3. The maximum Gasteiger partial charge on any atom is 0.282 e. The summed E-state index contributed by atoms with van der Waals surface area (Å²) in [5.41, 5.74) is 2.90. The van der Waals surface area contributed by atoms with Gasteiger partial charge in [0.1, 0.15) is 5.56 Å². The number of ketones is 1. The fourth-order valence-corrected chi connectivity index (χ4v) is 4.46. The smallest absolute Gasteiger partial charge is 0.282 e. The number of aromatic amines is 1. The van der Waals surface area contributed by atoms with Gasteiger partial charge in [-0.1, -0.05) is 80.4 Å². The van der Waals surface area contributed by atoms with Gasteiger partial charge in [-0.3, -0.25) is 19.5 Å². The molecule has 4 aromatic rings. The molecule has 1 N–H and O–H groups in total. The molecule has 0 aliphatic carbocycles. The van der Waals surface area contributed by atoms with E-state index < -0.39 is 11.3 Å². The highest BCUT2D eigenvalue weighted by atomic mass is 35.5. The van der Waals surface area contributed by atoms with Crippen molar-refractivity contribution in [1.29, 1.82) is 0 Å². The monoisotopic (exact) mass is 515 g/mol. The summed E-state index contributed by atoms with van der Waals surface area (Å²) in [5, 5.41) is 3.72. The lowest BCUT2D eigenvalue weighted by atomic mass is 10.0. The van der Waals surface area contributed by atoms with Crippen LogP contribution in [-0.4, -0.2) is 39.5 Å². The van der Waals surface area contributed by atoms with E-state index in [4.69, 9.17) is 11.6 Å². The van der Waals surface area contributed by atoms with Crippen LogP contribution in [0.1, 0.15) is 53.0 Å². The first-order chi connectivity index (χ1) is 17.9. The molecular formula is C30H30ClN3O3. The van der Waals surface area contributed by atoms with Crippen molar-refractivity contribution in [1.82, 2.24) is 14.7 Å². The summed E-state index contributed by atoms with van der Waals surface area (Å²) in [6.45, 7) is 4.24. The van der Waals surface area contributed by atoms with Gasteiger partial charge in [-0.25, -0.2) is 4.68 Å². The Kier molecular flexibility index (Phi) is 8.41. The number of amides is 1. The summed E-state index contributed by atoms with van der Waals surface area (Å²) in [7, 11) is 0. The number of aromatic nitrogens is 2. The number of carbonyl (C=O) groups is 2. The van der Waals surface area contributed by atoms with Gasteiger partial charge in [-0.05, 0) is 48.7 Å². The number of aryl methyl sites for hydroxylation is 1. The number of hydrogen-bond acceptors (Lipinski definition) is 3. The number of hydrogen-bond donors (Lipinski definition) is 1. The molecule has 7 heteroatoms. The Hall–Kier alpha value is -3.90. The second-order valence-electron chi connectivity index (χ2n) is 8.86. The molecule has 1 aromatic heterocycles. The number of Topliss-reactive ketones (excluding diaryl/α,β-unsaturated/α-hetero) is 1. The zero-order chi connectivity index (χ0) is 26.4. The number of unbranched alkanes of at least 4 members (excludes halogenated alkanes) is 1. The molecule has 0 radical (unpaired) electrons. The van der Waals surface area contributed by atoms with Crippen LogP contribution in [-0.2, 0) is 6.42 Å². The van der Waals surface area contributed by atoms with Gasteiger partial charge >= 0.3 is 0 Å². The second-order valence-corrected chi connectivity index (χ2v) is 9.30. The van der Waals surface area contributed by atoms with Crippen molar-refractivity contribution in [2.45, 2.75) is 33.1 Å². The molecule has 6 nitrogen and oxygen atoms in total. The lowest BCUT2D eigenvalue weighted by Gasteiger charge is -2.22. The van der Waals surface area contributed by atoms with Crippen LogP contribution < -0.4 is 5.56 Å². The maximum absolute atomic E-state index is 13.8. The van der Waals surface area contributed by atoms with E-state index in [0.717, 1.165) is 30.4 Å². The average molecular weight is 516 g/mol. The Morgan fingerprint density at radius 3 is 2.27 bits per heavy atom. The molecule has 190 valence electrons. The fraction of sp³-hybridized carbons (Fsp3) is 0.233. The molecular weight excluding hydrogens is 486 g/mol. The minimum atomic E-state index is -0.431. The van der Waals surface area contributed by atoms with Crippen LogP contribution in [0.15, 0.2) is 83.7 Å². The first-order valence-electron chi connectivity index (χ1n) is 12.5. The fourth-order valence-electron chi connectivity index (χ4n) is 4.34. The number of para-hydroxylation sites is 1. The third-order valence-electron chi connectivity index (χ3n) is 6.34. The molecule has 4 rings (SSSR count). The van der Waals surface area contributed by atoms with Crippen molar-refractivity contribution in [2.75, 3.05) is 13.1 Å². The molecule has 0 spiro atoms. The number of carbonyl (C=O) groups excluding carboxylic acids is 2. The van der Waals surface area contributed by atoms with Gasteiger partial charge < -0.3 is 4.90 Å². The first-order valence-corrected chi connectivity index (χ1v) is 12.9. The Balaban J connectivity index is 1.77. The van der Waals surface area contributed by atoms with Crippen LogP contribution >= 0.6 is 11.6 Å². The normalized spacial score (nSPS) is 10.9. The van der Waals surface area contributed by atoms with Crippen molar-refractivity contribution in [2.24, 2.45) is 0 Å². The molecule has 0 aliphatic heterocycles. The van der Waals surface area contributed by atoms with E-state index in [9.17, 15) is 14.4 Å². The molecule has 0 bridgehead atoms. The summed E-state index contributed by atoms with van der Waals surface area (Å²) < 4.78 is 1.44. The van der Waals surface area contributed by atoms with Crippen LogP contribution in [0, 0.1) is 0 Å². The van der Waals surface area contributed by atoms with Crippen LogP contribution in [0.2, 0.25) is 5.02 Å². The molecule has 0 aliphatic rings. The summed E-state index contributed by atoms with van der Waals surface area (Å²) in [6, 6.07) is 23.5. The highest BCUT2D eigenvalue weighted by Gasteiger charge is 2.27. The molecule has 3 aromatic carbocycles. The van der Waals surface area contributed by atoms with Crippen molar-refractivity contribution in [3.63, 3.8) is 0 Å². The Morgan fingerprint density at radius 1 is 0.919 bits per heavy atom. The number of rotatable bonds is 10. The summed E-state index contributed by atoms with van der Waals surface area (Å²) in [6.07, 6.45) is 2.32. The molecule has 1 amide bonds. The van der Waals surface area contributed by atoms with Crippen molar-refractivity contribution >= 4 is 23.3 Å². The summed E-state index contributed by atoms with van der Waals surface area (Å²) >= 11 is 5.99. The van der Waals surface area contributed by atoms with E-state index in [1.165, 1.54) is 9.58 Å². The third-order valence-corrected chi connectivity index (χ3v) is 6.59. The lowest BCUT2D eigenvalue weighted by molar-refractivity contribution is 0.0707. The van der Waals surface area contributed by atoms with Crippen LogP contribution in [0.4, 0.5) is 0 Å². The van der Waals surface area contributed by atoms with Gasteiger partial charge in [0.2, 0.25) is 0 Å². The van der Waals surface area contributed by atoms with Crippen molar-refractivity contribution in [3.05, 3.63) is 111 Å². The van der Waals surface area contributed by atoms with Gasteiger partial charge in [0.15, 0.2) is 5.78 Å². The Labute approximate surface area is 221 Å². The van der Waals surface area contributed by atoms with Gasteiger partial charge in [0, 0.05) is 22.7 Å². The van der Waals surface area contributed by atoms with Crippen LogP contribution in [0.5, 0.6) is 0 Å². The zero-order valence-electron chi connectivity index (χ0n) is 21.0. The van der Waals surface area contributed by atoms with Gasteiger partial charge in [-0.15, -0.1) is 0 Å². The Morgan fingerprint density at radius 2 is 1.59 bits per heavy atom. The van der Waals surface area contributed by atoms with Gasteiger partial charge in [0.25, 0.3) is 11.5 Å². The quantitative estimate of drug-likeness (QED) is 0.256. The average Bonchev–Trinajstić information content (AvgIpc) is 3.28. The highest BCUT2D eigenvalue weighted by molar-refractivity contribution is 6.30. The molecule has 0 saturated carbocycles. The lowest BCUT2D eigenvalue weighted by Crippen LogP contribution is -2.38. The minimum Gasteiger partial charge on any atom is -0.331 e. The number of nitrogens with zero attached hydrogens (tertiary/aromatic N) is 2. The molecule has 0 atom stereocenters. The van der Waals surface area contributed by atoms with Crippen molar-refractivity contribution < 1.29 is 9.59 Å². The van der Waals surface area contributed by atoms with E-state index in [-0.39, 0.29) is 18.0 Å². The predicted molar refractivity (Wildman–Crippen MR) is 148 cm³/mol. The van der Waals surface area contributed by atoms with Crippen molar-refractivity contribution in [3.8, 4) is 16.9 Å². The molecule has 1 heterocycles. The second kappa shape index (κ2) is 11.9. The first kappa shape index (κ1) is 26.2. The number of H-pyrrole nitrogens is 1. The largest absolute Gasteiger partial charge is 0.331 e. The van der Waals surface area contributed by atoms with E-state index in [1.54, 1.807) is 24.3 Å². The van der Waals surface area contributed by atoms with Crippen LogP contribution in [0.3, 0.4) is 0 Å². The number of halogens is 1. The SMILES string of the molecule is CCCCN(CC(=O)c1c(-c2ccccc2)[nH]n(-c2ccccc2CC)c1=O)C(=O)c1ccc(Cl)cc1. The van der Waals surface area contributed by atoms with E-state index in [1.807, 2.05) is 68.4 Å². The third kappa shape index (κ3) is 5.75. The van der Waals surface area contributed by atoms with E-state index in [0.29, 0.717) is 28.5 Å². The minimum absolute atomic E-state index is 0.0440.